The van der Waals surface area contributed by atoms with Gasteiger partial charge in [0.05, 0.1) is 48.5 Å². The summed E-state index contributed by atoms with van der Waals surface area (Å²) in [6, 6.07) is 4.79. The van der Waals surface area contributed by atoms with E-state index in [0.717, 1.165) is 51.2 Å². The summed E-state index contributed by atoms with van der Waals surface area (Å²) in [7, 11) is 1.45. The van der Waals surface area contributed by atoms with Crippen molar-refractivity contribution in [1.29, 1.82) is 5.26 Å². The monoisotopic (exact) mass is 551 g/mol. The van der Waals surface area contributed by atoms with Gasteiger partial charge in [-0.1, -0.05) is 20.3 Å². The highest BCUT2D eigenvalue weighted by Crippen LogP contribution is 2.42. The molecule has 216 valence electrons. The number of ether oxygens (including phenoxy) is 3. The molecular formula is C31H41N3O6. The van der Waals surface area contributed by atoms with Gasteiger partial charge in [0.15, 0.2) is 0 Å². The van der Waals surface area contributed by atoms with Gasteiger partial charge in [0.25, 0.3) is 5.91 Å². The number of rotatable bonds is 10. The van der Waals surface area contributed by atoms with Crippen LogP contribution in [0.5, 0.6) is 11.5 Å². The highest BCUT2D eigenvalue weighted by Gasteiger charge is 2.53. The molecule has 4 aliphatic rings. The number of hydrogen-bond acceptors (Lipinski definition) is 7. The molecule has 2 heterocycles. The minimum absolute atomic E-state index is 0.0720. The maximum atomic E-state index is 13.6. The van der Waals surface area contributed by atoms with Crippen LogP contribution < -0.4 is 20.1 Å². The number of nitriles is 1. The van der Waals surface area contributed by atoms with Gasteiger partial charge in [-0.15, -0.1) is 0 Å². The smallest absolute Gasteiger partial charge is 0.255 e. The lowest BCUT2D eigenvalue weighted by Gasteiger charge is -2.39. The van der Waals surface area contributed by atoms with Gasteiger partial charge in [-0.05, 0) is 69.3 Å². The first-order chi connectivity index (χ1) is 19.2. The number of carbonyl (C=O) groups excluding carboxylic acids is 3. The van der Waals surface area contributed by atoms with Gasteiger partial charge in [0.2, 0.25) is 5.91 Å². The van der Waals surface area contributed by atoms with Crippen molar-refractivity contribution in [2.24, 2.45) is 16.7 Å². The van der Waals surface area contributed by atoms with Crippen LogP contribution in [0.25, 0.3) is 0 Å². The van der Waals surface area contributed by atoms with Crippen molar-refractivity contribution in [2.75, 3.05) is 13.7 Å². The number of amides is 2. The summed E-state index contributed by atoms with van der Waals surface area (Å²) >= 11 is 0. The largest absolute Gasteiger partial charge is 0.496 e. The molecule has 2 saturated heterocycles. The van der Waals surface area contributed by atoms with Crippen molar-refractivity contribution in [1.82, 2.24) is 10.6 Å². The molecule has 2 N–H and O–H groups in total. The molecule has 0 spiro atoms. The number of benzene rings is 1. The fourth-order valence-electron chi connectivity index (χ4n) is 6.91. The number of carbonyl (C=O) groups is 3. The van der Waals surface area contributed by atoms with Crippen molar-refractivity contribution in [3.8, 4) is 17.6 Å². The summed E-state index contributed by atoms with van der Waals surface area (Å²) in [5.41, 5.74) is 0.375. The molecule has 9 heteroatoms. The van der Waals surface area contributed by atoms with Crippen LogP contribution in [0.2, 0.25) is 0 Å². The van der Waals surface area contributed by atoms with E-state index in [1.54, 1.807) is 6.07 Å². The lowest BCUT2D eigenvalue weighted by Crippen LogP contribution is -2.53. The number of nitrogens with zero attached hydrogens (tertiary/aromatic N) is 1. The van der Waals surface area contributed by atoms with Gasteiger partial charge in [0, 0.05) is 18.0 Å². The third-order valence-electron chi connectivity index (χ3n) is 9.97. The van der Waals surface area contributed by atoms with E-state index < -0.39 is 17.9 Å². The number of fused-ring (bicyclic) bond motifs is 2. The van der Waals surface area contributed by atoms with Crippen LogP contribution in [0.4, 0.5) is 0 Å². The Morgan fingerprint density at radius 3 is 2.45 bits per heavy atom. The summed E-state index contributed by atoms with van der Waals surface area (Å²) < 4.78 is 17.8. The lowest BCUT2D eigenvalue weighted by atomic mass is 9.70. The summed E-state index contributed by atoms with van der Waals surface area (Å²) in [5.74, 6) is -0.340. The van der Waals surface area contributed by atoms with Crippen molar-refractivity contribution >= 4 is 18.1 Å². The van der Waals surface area contributed by atoms with Crippen LogP contribution in [-0.2, 0) is 14.3 Å². The molecule has 4 fully saturated rings. The first kappa shape index (κ1) is 28.4. The van der Waals surface area contributed by atoms with E-state index in [4.69, 9.17) is 14.2 Å². The topological polar surface area (TPSA) is 127 Å². The standard InChI is InChI=1S/C31H41N3O6/c1-4-31(18-35)12-8-20(9-13-31)39-24-15-21(25(38-3)14-19(24)16-32)28(36)34-27-23-7-6-22(40-23)26(27)29(37)33-17-30(2)10-5-11-30/h14-15,18,20,22-23,26-27H,4-13,17H2,1-3H3,(H,33,37)(H,34,36)/t20-,22-,23+,26+,27-,31+/m1/s1. The number of hydrogen-bond donors (Lipinski definition) is 2. The highest BCUT2D eigenvalue weighted by molar-refractivity contribution is 5.98. The van der Waals surface area contributed by atoms with Crippen LogP contribution in [0.15, 0.2) is 12.1 Å². The second-order valence-corrected chi connectivity index (χ2v) is 12.5. The van der Waals surface area contributed by atoms with Gasteiger partial charge < -0.3 is 29.6 Å². The third kappa shape index (κ3) is 5.43. The van der Waals surface area contributed by atoms with Crippen LogP contribution in [-0.4, -0.2) is 56.1 Å². The van der Waals surface area contributed by atoms with Gasteiger partial charge in [-0.2, -0.15) is 5.26 Å². The highest BCUT2D eigenvalue weighted by atomic mass is 16.5. The Morgan fingerprint density at radius 2 is 1.85 bits per heavy atom. The number of methoxy groups -OCH3 is 1. The van der Waals surface area contributed by atoms with E-state index in [2.05, 4.69) is 23.6 Å². The molecule has 0 aromatic heterocycles. The summed E-state index contributed by atoms with van der Waals surface area (Å²) in [5, 5.41) is 16.0. The fraction of sp³-hybridized carbons (Fsp3) is 0.677. The molecule has 2 amide bonds. The van der Waals surface area contributed by atoms with E-state index >= 15 is 0 Å². The summed E-state index contributed by atoms with van der Waals surface area (Å²) in [6.45, 7) is 4.86. The number of nitrogens with one attached hydrogen (secondary N) is 2. The van der Waals surface area contributed by atoms with Gasteiger partial charge in [0.1, 0.15) is 23.9 Å². The zero-order valence-electron chi connectivity index (χ0n) is 23.8. The molecular weight excluding hydrogens is 510 g/mol. The lowest BCUT2D eigenvalue weighted by molar-refractivity contribution is -0.127. The van der Waals surface area contributed by atoms with Crippen LogP contribution in [0.1, 0.15) is 94.0 Å². The molecule has 5 rings (SSSR count). The zero-order chi connectivity index (χ0) is 28.5. The van der Waals surface area contributed by atoms with Gasteiger partial charge >= 0.3 is 0 Å². The van der Waals surface area contributed by atoms with Crippen molar-refractivity contribution in [3.63, 3.8) is 0 Å². The normalized spacial score (nSPS) is 31.9. The second kappa shape index (κ2) is 11.4. The van der Waals surface area contributed by atoms with Gasteiger partial charge in [-0.3, -0.25) is 9.59 Å². The molecule has 2 bridgehead atoms. The van der Waals surface area contributed by atoms with Crippen molar-refractivity contribution in [3.05, 3.63) is 23.3 Å². The molecule has 4 atom stereocenters. The molecule has 2 aliphatic carbocycles. The molecule has 2 aliphatic heterocycles. The predicted octanol–water partition coefficient (Wildman–Crippen LogP) is 4.07. The van der Waals surface area contributed by atoms with Crippen LogP contribution in [0.3, 0.4) is 0 Å². The van der Waals surface area contributed by atoms with E-state index in [1.807, 2.05) is 6.92 Å². The summed E-state index contributed by atoms with van der Waals surface area (Å²) in [6.07, 6.45) is 9.15. The Kier molecular flexibility index (Phi) is 8.10. The zero-order valence-corrected chi connectivity index (χ0v) is 23.8. The Labute approximate surface area is 236 Å². The minimum Gasteiger partial charge on any atom is -0.496 e. The van der Waals surface area contributed by atoms with Crippen LogP contribution >= 0.6 is 0 Å². The first-order valence-corrected chi connectivity index (χ1v) is 14.7. The Morgan fingerprint density at radius 1 is 1.12 bits per heavy atom. The van der Waals surface area contributed by atoms with E-state index in [-0.39, 0.29) is 51.9 Å². The van der Waals surface area contributed by atoms with Gasteiger partial charge in [-0.25, -0.2) is 0 Å². The maximum Gasteiger partial charge on any atom is 0.255 e. The SMILES string of the molecule is CC[C@]1(C=O)CC[C@@H](Oc2cc(C(=O)N[C@H]3[C@@H](C(=O)NCC4(C)CCC4)[C@H]4CC[C@@H]3O4)c(OC)cc2C#N)CC1. The average Bonchev–Trinajstić information content (AvgIpc) is 3.57. The first-order valence-electron chi connectivity index (χ1n) is 14.7. The Balaban J connectivity index is 1.31. The Hall–Kier alpha value is -3.12. The number of aldehydes is 1. The average molecular weight is 552 g/mol. The Bertz CT molecular complexity index is 1180. The minimum atomic E-state index is -0.453. The molecule has 0 unspecified atom stereocenters. The van der Waals surface area contributed by atoms with Crippen molar-refractivity contribution < 1.29 is 28.6 Å². The summed E-state index contributed by atoms with van der Waals surface area (Å²) in [4.78, 5) is 38.6. The van der Waals surface area contributed by atoms with Crippen molar-refractivity contribution in [2.45, 2.75) is 102 Å². The second-order valence-electron chi connectivity index (χ2n) is 12.5. The van der Waals surface area contributed by atoms with Crippen LogP contribution in [0, 0.1) is 28.1 Å². The third-order valence-corrected chi connectivity index (χ3v) is 9.97. The molecule has 2 saturated carbocycles. The quantitative estimate of drug-likeness (QED) is 0.420. The predicted molar refractivity (Wildman–Crippen MR) is 147 cm³/mol. The molecule has 1 aromatic carbocycles. The van der Waals surface area contributed by atoms with E-state index in [0.29, 0.717) is 25.1 Å². The van der Waals surface area contributed by atoms with E-state index in [9.17, 15) is 19.6 Å². The molecule has 40 heavy (non-hydrogen) atoms. The van der Waals surface area contributed by atoms with E-state index in [1.165, 1.54) is 19.6 Å². The maximum absolute atomic E-state index is 13.6. The fourth-order valence-corrected chi connectivity index (χ4v) is 6.91. The molecule has 9 nitrogen and oxygen atoms in total. The molecule has 1 aromatic rings. The molecule has 0 radical (unpaired) electrons.